The highest BCUT2D eigenvalue weighted by Gasteiger charge is 2.36. The van der Waals surface area contributed by atoms with Gasteiger partial charge in [-0.2, -0.15) is 0 Å². The Kier molecular flexibility index (Phi) is 5.55. The van der Waals surface area contributed by atoms with Gasteiger partial charge in [-0.1, -0.05) is 36.4 Å². The van der Waals surface area contributed by atoms with Crippen molar-refractivity contribution in [3.63, 3.8) is 0 Å². The van der Waals surface area contributed by atoms with Gasteiger partial charge in [0.05, 0.1) is 16.6 Å². The molecule has 4 aromatic rings. The highest BCUT2D eigenvalue weighted by Crippen LogP contribution is 2.34. The molecule has 6 nitrogen and oxygen atoms in total. The van der Waals surface area contributed by atoms with Gasteiger partial charge < -0.3 is 14.6 Å². The van der Waals surface area contributed by atoms with Gasteiger partial charge in [0.2, 0.25) is 5.91 Å². The number of likely N-dealkylation sites (tertiary alicyclic amines) is 1. The molecule has 1 aliphatic carbocycles. The molecule has 0 spiro atoms. The van der Waals surface area contributed by atoms with Crippen molar-refractivity contribution in [3.8, 4) is 22.5 Å². The van der Waals surface area contributed by atoms with Gasteiger partial charge in [-0.25, -0.2) is 14.2 Å². The summed E-state index contributed by atoms with van der Waals surface area (Å²) in [5, 5.41) is 9.56. The lowest BCUT2D eigenvalue weighted by Crippen LogP contribution is -2.30. The van der Waals surface area contributed by atoms with Crippen LogP contribution in [0.25, 0.3) is 33.5 Å². The quantitative estimate of drug-likeness (QED) is 0.395. The van der Waals surface area contributed by atoms with Crippen LogP contribution >= 0.6 is 0 Å². The van der Waals surface area contributed by atoms with E-state index in [-0.39, 0.29) is 29.1 Å². The molecule has 1 amide bonds. The Hall–Kier alpha value is -4.00. The number of fused-ring (bicyclic) bond motifs is 1. The Morgan fingerprint density at radius 1 is 0.917 bits per heavy atom. The van der Waals surface area contributed by atoms with Crippen LogP contribution in [0, 0.1) is 17.7 Å². The van der Waals surface area contributed by atoms with Gasteiger partial charge in [0.1, 0.15) is 11.6 Å². The minimum atomic E-state index is -0.975. The van der Waals surface area contributed by atoms with E-state index in [2.05, 4.69) is 4.57 Å². The molecule has 1 atom stereocenters. The number of hydrogen-bond acceptors (Lipinski definition) is 3. The largest absolute Gasteiger partial charge is 0.478 e. The van der Waals surface area contributed by atoms with E-state index in [1.54, 1.807) is 30.3 Å². The molecule has 2 aliphatic rings. The minimum Gasteiger partial charge on any atom is -0.478 e. The molecule has 36 heavy (non-hydrogen) atoms. The number of carboxylic acids is 1. The first-order valence-electron chi connectivity index (χ1n) is 12.3. The molecule has 1 saturated heterocycles. The number of benzene rings is 3. The second-order valence-electron chi connectivity index (χ2n) is 9.85. The Morgan fingerprint density at radius 2 is 1.58 bits per heavy atom. The third-order valence-corrected chi connectivity index (χ3v) is 7.28. The SMILES string of the molecule is O=C(O)c1ccc2nc(-c3ccc(-c4ccc(F)cc4)cc3)n(C[C@@H]3CCN(C(=O)C4CC4)C3)c2c1. The Morgan fingerprint density at radius 3 is 2.25 bits per heavy atom. The fourth-order valence-electron chi connectivity index (χ4n) is 5.14. The van der Waals surface area contributed by atoms with E-state index in [1.807, 2.05) is 29.2 Å². The van der Waals surface area contributed by atoms with Gasteiger partial charge in [-0.3, -0.25) is 4.79 Å². The lowest BCUT2D eigenvalue weighted by molar-refractivity contribution is -0.131. The predicted molar refractivity (Wildman–Crippen MR) is 135 cm³/mol. The number of halogens is 1. The summed E-state index contributed by atoms with van der Waals surface area (Å²) in [5.74, 6) is 0.288. The standard InChI is InChI=1S/C29H26FN3O3/c30-24-10-7-20(8-11-24)19-1-3-21(4-2-19)27-31-25-12-9-23(29(35)36)15-26(25)33(27)17-18-13-14-32(16-18)28(34)22-5-6-22/h1-4,7-12,15,18,22H,5-6,13-14,16-17H2,(H,35,36)/t18-/m1/s1. The topological polar surface area (TPSA) is 75.4 Å². The molecule has 1 saturated carbocycles. The van der Waals surface area contributed by atoms with Gasteiger partial charge in [0.25, 0.3) is 0 Å². The number of rotatable bonds is 6. The van der Waals surface area contributed by atoms with Crippen LogP contribution in [-0.2, 0) is 11.3 Å². The summed E-state index contributed by atoms with van der Waals surface area (Å²) in [7, 11) is 0. The Bertz CT molecular complexity index is 1460. The number of amides is 1. The first-order chi connectivity index (χ1) is 17.5. The van der Waals surface area contributed by atoms with E-state index >= 15 is 0 Å². The van der Waals surface area contributed by atoms with Crippen molar-refractivity contribution in [2.24, 2.45) is 11.8 Å². The van der Waals surface area contributed by atoms with Gasteiger partial charge in [0, 0.05) is 31.1 Å². The summed E-state index contributed by atoms with van der Waals surface area (Å²) in [6.45, 7) is 2.15. The molecule has 1 aromatic heterocycles. The van der Waals surface area contributed by atoms with Crippen LogP contribution in [0.15, 0.2) is 66.7 Å². The summed E-state index contributed by atoms with van der Waals surface area (Å²) in [6, 6.07) is 19.4. The molecule has 182 valence electrons. The van der Waals surface area contributed by atoms with E-state index < -0.39 is 5.97 Å². The second-order valence-corrected chi connectivity index (χ2v) is 9.85. The molecular formula is C29H26FN3O3. The van der Waals surface area contributed by atoms with Gasteiger partial charge in [0.15, 0.2) is 0 Å². The Labute approximate surface area is 208 Å². The van der Waals surface area contributed by atoms with Crippen molar-refractivity contribution in [1.82, 2.24) is 14.5 Å². The van der Waals surface area contributed by atoms with Crippen LogP contribution in [0.1, 0.15) is 29.6 Å². The van der Waals surface area contributed by atoms with Crippen molar-refractivity contribution < 1.29 is 19.1 Å². The number of carbonyl (C=O) groups excluding carboxylic acids is 1. The van der Waals surface area contributed by atoms with E-state index in [0.717, 1.165) is 65.9 Å². The molecule has 3 aromatic carbocycles. The molecule has 6 rings (SSSR count). The third-order valence-electron chi connectivity index (χ3n) is 7.28. The fraction of sp³-hybridized carbons (Fsp3) is 0.276. The van der Waals surface area contributed by atoms with E-state index in [0.29, 0.717) is 6.54 Å². The summed E-state index contributed by atoms with van der Waals surface area (Å²) < 4.78 is 15.4. The molecular weight excluding hydrogens is 457 g/mol. The summed E-state index contributed by atoms with van der Waals surface area (Å²) in [6.07, 6.45) is 2.92. The summed E-state index contributed by atoms with van der Waals surface area (Å²) in [5.41, 5.74) is 4.55. The first kappa shape index (κ1) is 22.5. The van der Waals surface area contributed by atoms with Crippen LogP contribution in [0.3, 0.4) is 0 Å². The van der Waals surface area contributed by atoms with Gasteiger partial charge >= 0.3 is 5.97 Å². The number of aromatic carboxylic acids is 1. The van der Waals surface area contributed by atoms with E-state index in [4.69, 9.17) is 4.98 Å². The molecule has 1 N–H and O–H groups in total. The molecule has 0 unspecified atom stereocenters. The maximum atomic E-state index is 13.3. The van der Waals surface area contributed by atoms with Crippen LogP contribution in [0.4, 0.5) is 4.39 Å². The maximum Gasteiger partial charge on any atom is 0.335 e. The zero-order valence-corrected chi connectivity index (χ0v) is 19.7. The minimum absolute atomic E-state index is 0.214. The number of carbonyl (C=O) groups is 2. The Balaban J connectivity index is 1.35. The number of nitrogens with zero attached hydrogens (tertiary/aromatic N) is 3. The van der Waals surface area contributed by atoms with Crippen molar-refractivity contribution in [1.29, 1.82) is 0 Å². The zero-order valence-electron chi connectivity index (χ0n) is 19.7. The molecule has 2 heterocycles. The maximum absolute atomic E-state index is 13.3. The molecule has 1 aliphatic heterocycles. The van der Waals surface area contributed by atoms with Crippen LogP contribution in [-0.4, -0.2) is 44.5 Å². The van der Waals surface area contributed by atoms with E-state index in [1.165, 1.54) is 12.1 Å². The average Bonchev–Trinajstić information content (AvgIpc) is 3.54. The summed E-state index contributed by atoms with van der Waals surface area (Å²) in [4.78, 5) is 31.1. The van der Waals surface area contributed by atoms with Crippen LogP contribution in [0.2, 0.25) is 0 Å². The van der Waals surface area contributed by atoms with Gasteiger partial charge in [-0.05, 0) is 66.6 Å². The van der Waals surface area contributed by atoms with Crippen molar-refractivity contribution >= 4 is 22.9 Å². The van der Waals surface area contributed by atoms with Crippen LogP contribution in [0.5, 0.6) is 0 Å². The highest BCUT2D eigenvalue weighted by atomic mass is 19.1. The fourth-order valence-corrected chi connectivity index (χ4v) is 5.14. The molecule has 7 heteroatoms. The summed E-state index contributed by atoms with van der Waals surface area (Å²) >= 11 is 0. The number of aromatic nitrogens is 2. The highest BCUT2D eigenvalue weighted by molar-refractivity contribution is 5.93. The predicted octanol–water partition coefficient (Wildman–Crippen LogP) is 5.47. The first-order valence-corrected chi connectivity index (χ1v) is 12.3. The third kappa shape index (κ3) is 4.26. The lowest BCUT2D eigenvalue weighted by Gasteiger charge is -2.18. The zero-order chi connectivity index (χ0) is 24.8. The van der Waals surface area contributed by atoms with Crippen molar-refractivity contribution in [3.05, 3.63) is 78.1 Å². The monoisotopic (exact) mass is 483 g/mol. The number of carboxylic acid groups (broad SMARTS) is 1. The second kappa shape index (κ2) is 8.90. The smallest absolute Gasteiger partial charge is 0.335 e. The van der Waals surface area contributed by atoms with Crippen molar-refractivity contribution in [2.45, 2.75) is 25.8 Å². The molecule has 0 bridgehead atoms. The van der Waals surface area contributed by atoms with E-state index in [9.17, 15) is 19.1 Å². The molecule has 0 radical (unpaired) electrons. The van der Waals surface area contributed by atoms with Crippen molar-refractivity contribution in [2.75, 3.05) is 13.1 Å². The molecule has 2 fully saturated rings. The number of hydrogen-bond donors (Lipinski definition) is 1. The normalized spacial score (nSPS) is 17.6. The van der Waals surface area contributed by atoms with Gasteiger partial charge in [-0.15, -0.1) is 0 Å². The number of imidazole rings is 1. The average molecular weight is 484 g/mol. The van der Waals surface area contributed by atoms with Crippen LogP contribution < -0.4 is 0 Å². The lowest BCUT2D eigenvalue weighted by atomic mass is 10.0.